The van der Waals surface area contributed by atoms with Gasteiger partial charge in [0, 0.05) is 69.3 Å². The van der Waals surface area contributed by atoms with Gasteiger partial charge in [0.2, 0.25) is 0 Å². The van der Waals surface area contributed by atoms with Crippen LogP contribution in [0.4, 0.5) is 23.7 Å². The van der Waals surface area contributed by atoms with Crippen LogP contribution in [0.3, 0.4) is 0 Å². The van der Waals surface area contributed by atoms with E-state index in [1.807, 2.05) is 30.0 Å². The summed E-state index contributed by atoms with van der Waals surface area (Å²) < 4.78 is 48.4. The number of carbonyl (C=O) groups excluding carboxylic acids is 1. The van der Waals surface area contributed by atoms with E-state index in [-0.39, 0.29) is 36.9 Å². The molecule has 0 saturated carbocycles. The van der Waals surface area contributed by atoms with Crippen LogP contribution in [0.2, 0.25) is 0 Å². The first-order valence-corrected chi connectivity index (χ1v) is 14.8. The summed E-state index contributed by atoms with van der Waals surface area (Å²) in [7, 11) is 0. The summed E-state index contributed by atoms with van der Waals surface area (Å²) in [6.45, 7) is 5.68. The molecule has 1 saturated heterocycles. The third-order valence-electron chi connectivity index (χ3n) is 8.35. The van der Waals surface area contributed by atoms with Gasteiger partial charge < -0.3 is 30.4 Å². The number of aliphatic hydroxyl groups is 1. The third kappa shape index (κ3) is 6.37. The number of benzene rings is 2. The second-order valence-corrected chi connectivity index (χ2v) is 11.3. The van der Waals surface area contributed by atoms with E-state index in [1.165, 1.54) is 6.07 Å². The van der Waals surface area contributed by atoms with E-state index in [1.54, 1.807) is 29.3 Å². The molecule has 4 aromatic rings. The number of nitrogens with zero attached hydrogens (tertiary/aromatic N) is 3. The summed E-state index contributed by atoms with van der Waals surface area (Å²) in [6, 6.07) is 12.9. The Morgan fingerprint density at radius 2 is 1.95 bits per heavy atom. The number of halogens is 3. The number of H-pyrrole nitrogens is 1. The Kier molecular flexibility index (Phi) is 8.48. The number of alkyl halides is 3. The van der Waals surface area contributed by atoms with Gasteiger partial charge in [-0.3, -0.25) is 4.90 Å². The molecule has 1 atom stereocenters. The van der Waals surface area contributed by atoms with Crippen LogP contribution in [0.1, 0.15) is 47.2 Å². The highest BCUT2D eigenvalue weighted by Crippen LogP contribution is 2.37. The zero-order valence-corrected chi connectivity index (χ0v) is 24.4. The second kappa shape index (κ2) is 12.5. The molecule has 1 fully saturated rings. The van der Waals surface area contributed by atoms with E-state index >= 15 is 0 Å². The summed E-state index contributed by atoms with van der Waals surface area (Å²) >= 11 is 0. The van der Waals surface area contributed by atoms with Crippen LogP contribution in [0.25, 0.3) is 11.0 Å². The molecule has 0 bridgehead atoms. The molecule has 4 heterocycles. The van der Waals surface area contributed by atoms with Crippen LogP contribution in [-0.2, 0) is 25.9 Å². The van der Waals surface area contributed by atoms with E-state index < -0.39 is 17.8 Å². The monoisotopic (exact) mass is 608 g/mol. The third-order valence-corrected chi connectivity index (χ3v) is 8.35. The number of fused-ring (bicyclic) bond motifs is 2. The molecular weight excluding hydrogens is 573 g/mol. The van der Waals surface area contributed by atoms with E-state index in [2.05, 4.69) is 20.6 Å². The highest BCUT2D eigenvalue weighted by molar-refractivity contribution is 5.90. The number of nitrogens with one attached hydrogen (secondary N) is 3. The number of amides is 2. The normalized spacial score (nSPS) is 17.5. The summed E-state index contributed by atoms with van der Waals surface area (Å²) in [4.78, 5) is 24.4. The van der Waals surface area contributed by atoms with E-state index in [0.717, 1.165) is 42.1 Å². The molecule has 0 aliphatic carbocycles. The number of pyridine rings is 1. The summed E-state index contributed by atoms with van der Waals surface area (Å²) in [5.41, 5.74) is 2.82. The Hall–Kier alpha value is -4.13. The van der Waals surface area contributed by atoms with Crippen molar-refractivity contribution in [3.05, 3.63) is 82.7 Å². The first kappa shape index (κ1) is 29.9. The van der Waals surface area contributed by atoms with Crippen molar-refractivity contribution in [2.24, 2.45) is 0 Å². The van der Waals surface area contributed by atoms with Gasteiger partial charge in [-0.25, -0.2) is 9.78 Å². The number of ether oxygens (including phenoxy) is 1. The number of hydrogen-bond acceptors (Lipinski definition) is 6. The maximum Gasteiger partial charge on any atom is 0.416 e. The molecule has 0 spiro atoms. The molecule has 44 heavy (non-hydrogen) atoms. The van der Waals surface area contributed by atoms with Crippen molar-refractivity contribution in [3.8, 4) is 11.5 Å². The van der Waals surface area contributed by atoms with Gasteiger partial charge in [0.15, 0.2) is 0 Å². The van der Waals surface area contributed by atoms with Crippen molar-refractivity contribution in [2.45, 2.75) is 45.1 Å². The summed E-state index contributed by atoms with van der Waals surface area (Å²) in [5.74, 6) is 1.22. The van der Waals surface area contributed by atoms with Gasteiger partial charge in [0.05, 0.1) is 17.6 Å². The molecule has 9 nitrogen and oxygen atoms in total. The average Bonchev–Trinajstić information content (AvgIpc) is 3.46. The first-order chi connectivity index (χ1) is 21.2. The molecule has 2 aliphatic heterocycles. The molecule has 0 unspecified atom stereocenters. The van der Waals surface area contributed by atoms with Gasteiger partial charge in [0.1, 0.15) is 17.1 Å². The number of aromatic amines is 1. The maximum atomic E-state index is 14.1. The number of hydrogen-bond donors (Lipinski definition) is 4. The summed E-state index contributed by atoms with van der Waals surface area (Å²) in [6.07, 6.45) is -2.14. The summed E-state index contributed by atoms with van der Waals surface area (Å²) in [5, 5.41) is 16.2. The molecule has 2 aromatic carbocycles. The first-order valence-electron chi connectivity index (χ1n) is 14.8. The largest absolute Gasteiger partial charge is 0.457 e. The Bertz CT molecular complexity index is 1650. The van der Waals surface area contributed by atoms with Gasteiger partial charge in [-0.15, -0.1) is 0 Å². The van der Waals surface area contributed by atoms with E-state index in [9.17, 15) is 23.1 Å². The number of piperazine rings is 1. The Morgan fingerprint density at radius 1 is 1.14 bits per heavy atom. The van der Waals surface area contributed by atoms with Crippen molar-refractivity contribution in [3.63, 3.8) is 0 Å². The fraction of sp³-hybridized carbons (Fsp3) is 0.375. The minimum absolute atomic E-state index is 0.0649. The topological polar surface area (TPSA) is 106 Å². The highest BCUT2D eigenvalue weighted by atomic mass is 19.4. The molecular formula is C32H35F3N6O3. The Labute approximate surface area is 253 Å². The number of carbonyl (C=O) groups is 1. The molecule has 6 rings (SSSR count). The fourth-order valence-electron chi connectivity index (χ4n) is 6.05. The molecule has 12 heteroatoms. The smallest absolute Gasteiger partial charge is 0.416 e. The van der Waals surface area contributed by atoms with Gasteiger partial charge in [-0.05, 0) is 59.5 Å². The van der Waals surface area contributed by atoms with Gasteiger partial charge in [0.25, 0.3) is 0 Å². The number of urea groups is 1. The highest BCUT2D eigenvalue weighted by Gasteiger charge is 2.35. The average molecular weight is 609 g/mol. The molecule has 232 valence electrons. The lowest BCUT2D eigenvalue weighted by Crippen LogP contribution is -2.43. The van der Waals surface area contributed by atoms with Crippen molar-refractivity contribution >= 4 is 22.8 Å². The van der Waals surface area contributed by atoms with Crippen LogP contribution in [0.5, 0.6) is 11.5 Å². The minimum Gasteiger partial charge on any atom is -0.457 e. The maximum absolute atomic E-state index is 14.1. The van der Waals surface area contributed by atoms with Crippen molar-refractivity contribution < 1.29 is 27.8 Å². The lowest BCUT2D eigenvalue weighted by Gasteiger charge is -2.34. The zero-order chi connectivity index (χ0) is 30.8. The fourth-order valence-corrected chi connectivity index (χ4v) is 6.05. The van der Waals surface area contributed by atoms with E-state index in [0.29, 0.717) is 42.5 Å². The lowest BCUT2D eigenvalue weighted by atomic mass is 9.88. The minimum atomic E-state index is -4.54. The number of aromatic nitrogens is 2. The van der Waals surface area contributed by atoms with Gasteiger partial charge in [-0.2, -0.15) is 13.2 Å². The van der Waals surface area contributed by atoms with Crippen LogP contribution in [0.15, 0.2) is 54.7 Å². The number of aliphatic hydroxyl groups excluding tert-OH is 1. The standard InChI is InChI=1S/C32H35F3N6O3/c1-2-20-17-41(31(43)39-23-4-3-21(28(15-23)32(33,34)35)16-40-11-9-36-10-12-40)18-22-13-25(5-6-26(20)22)44-29-7-8-37-30-27(29)14-24(19-42)38-30/h3-8,13-15,20,36,42H,2,9-12,16-19H2,1H3,(H,37,38)(H,39,43)/t20-/m0/s1. The number of anilines is 1. The van der Waals surface area contributed by atoms with Crippen molar-refractivity contribution in [1.82, 2.24) is 25.1 Å². The Morgan fingerprint density at radius 3 is 2.70 bits per heavy atom. The van der Waals surface area contributed by atoms with Gasteiger partial charge in [-0.1, -0.05) is 19.1 Å². The van der Waals surface area contributed by atoms with Crippen LogP contribution in [-0.4, -0.2) is 63.6 Å². The second-order valence-electron chi connectivity index (χ2n) is 11.3. The van der Waals surface area contributed by atoms with Gasteiger partial charge >= 0.3 is 12.2 Å². The SMILES string of the molecule is CC[C@H]1CN(C(=O)Nc2ccc(CN3CCNCC3)c(C(F)(F)F)c2)Cc2cc(Oc3ccnc4[nH]c(CO)cc34)ccc21. The Balaban J connectivity index is 1.20. The number of rotatable bonds is 7. The molecule has 2 amide bonds. The quantitative estimate of drug-likeness (QED) is 0.211. The molecule has 2 aliphatic rings. The van der Waals surface area contributed by atoms with E-state index in [4.69, 9.17) is 4.74 Å². The van der Waals surface area contributed by atoms with Crippen molar-refractivity contribution in [1.29, 1.82) is 0 Å². The predicted molar refractivity (Wildman–Crippen MR) is 161 cm³/mol. The van der Waals surface area contributed by atoms with Crippen LogP contribution >= 0.6 is 0 Å². The van der Waals surface area contributed by atoms with Crippen LogP contribution < -0.4 is 15.4 Å². The lowest BCUT2D eigenvalue weighted by molar-refractivity contribution is -0.138. The molecule has 0 radical (unpaired) electrons. The predicted octanol–water partition coefficient (Wildman–Crippen LogP) is 5.81. The molecule has 2 aromatic heterocycles. The zero-order valence-electron chi connectivity index (χ0n) is 24.4. The van der Waals surface area contributed by atoms with Crippen molar-refractivity contribution in [2.75, 3.05) is 38.0 Å². The molecule has 4 N–H and O–H groups in total. The van der Waals surface area contributed by atoms with Crippen LogP contribution in [0, 0.1) is 0 Å².